The molecule has 4 atom stereocenters. The monoisotopic (exact) mass is 559 g/mol. The van der Waals surface area contributed by atoms with Gasteiger partial charge in [0.1, 0.15) is 17.9 Å². The second-order valence-corrected chi connectivity index (χ2v) is 10.3. The number of hydrogen-bond donors (Lipinski definition) is 1. The highest BCUT2D eigenvalue weighted by atomic mass is 35.5. The normalized spacial score (nSPS) is 24.8. The van der Waals surface area contributed by atoms with E-state index >= 15 is 0 Å². The maximum absolute atomic E-state index is 14.5. The zero-order valence-corrected chi connectivity index (χ0v) is 21.3. The van der Waals surface area contributed by atoms with Gasteiger partial charge in [-0.3, -0.25) is 29.2 Å². The zero-order chi connectivity index (χ0) is 27.7. The number of nitrogens with one attached hydrogen (secondary N) is 1. The van der Waals surface area contributed by atoms with Crippen LogP contribution in [0.1, 0.15) is 25.7 Å². The summed E-state index contributed by atoms with van der Waals surface area (Å²) in [6.45, 7) is 0. The summed E-state index contributed by atoms with van der Waals surface area (Å²) in [6.07, 6.45) is 9.92. The third kappa shape index (κ3) is 5.54. The van der Waals surface area contributed by atoms with Gasteiger partial charge in [-0.05, 0) is 24.6 Å². The number of hydrogen-bond acceptors (Lipinski definition) is 5. The van der Waals surface area contributed by atoms with Crippen molar-refractivity contribution in [2.24, 2.45) is 5.92 Å². The van der Waals surface area contributed by atoms with E-state index in [1.165, 1.54) is 41.7 Å². The highest BCUT2D eigenvalue weighted by Crippen LogP contribution is 2.38. The molecule has 0 spiro atoms. The summed E-state index contributed by atoms with van der Waals surface area (Å²) in [5.41, 5.74) is 0.0596. The summed E-state index contributed by atoms with van der Waals surface area (Å²) in [5, 5.41) is 1.89. The van der Waals surface area contributed by atoms with Crippen LogP contribution in [0.2, 0.25) is 0 Å². The molecule has 3 amide bonds. The number of halogens is 4. The van der Waals surface area contributed by atoms with Crippen LogP contribution in [0.5, 0.6) is 0 Å². The lowest BCUT2D eigenvalue weighted by atomic mass is 9.86. The van der Waals surface area contributed by atoms with Crippen LogP contribution in [0.25, 0.3) is 0 Å². The summed E-state index contributed by atoms with van der Waals surface area (Å²) in [6, 6.07) is 1.95. The van der Waals surface area contributed by atoms with E-state index in [2.05, 4.69) is 15.3 Å². The standard InChI is InChI=1S/C27H25ClF3N5O3/c28-20-7-2-1-6-19(20)24(25(38)34-17-13-27(30,31)14-17)35(18-5-3-4-16(29)12-18)26(39)21-8-9-23(37)36(21)22-15-32-10-11-33-22/h1-7,10-12,15,17,19-21,24H,8-9,13-14H2,(H,34,38)/t19-,20?,21-,24?/m0/s1. The number of nitrogens with zero attached hydrogens (tertiary/aromatic N) is 4. The molecular weight excluding hydrogens is 535 g/mol. The van der Waals surface area contributed by atoms with Gasteiger partial charge in [0.25, 0.3) is 11.8 Å². The molecule has 8 nitrogen and oxygen atoms in total. The Morgan fingerprint density at radius 2 is 1.95 bits per heavy atom. The molecule has 0 radical (unpaired) electrons. The Kier molecular flexibility index (Phi) is 7.44. The number of carbonyl (C=O) groups excluding carboxylic acids is 3. The lowest BCUT2D eigenvalue weighted by molar-refractivity contribution is -0.133. The molecule has 2 fully saturated rings. The Balaban J connectivity index is 1.57. The van der Waals surface area contributed by atoms with Gasteiger partial charge in [0.2, 0.25) is 11.8 Å². The Morgan fingerprint density at radius 3 is 2.62 bits per heavy atom. The molecule has 39 heavy (non-hydrogen) atoms. The van der Waals surface area contributed by atoms with E-state index < -0.39 is 65.8 Å². The molecule has 0 bridgehead atoms. The van der Waals surface area contributed by atoms with Gasteiger partial charge in [0.05, 0.1) is 11.6 Å². The van der Waals surface area contributed by atoms with Crippen LogP contribution in [0.4, 0.5) is 24.7 Å². The molecule has 204 valence electrons. The van der Waals surface area contributed by atoms with Crippen LogP contribution < -0.4 is 15.1 Å². The number of benzene rings is 1. The van der Waals surface area contributed by atoms with Gasteiger partial charge < -0.3 is 5.32 Å². The summed E-state index contributed by atoms with van der Waals surface area (Å²) in [7, 11) is 0. The van der Waals surface area contributed by atoms with E-state index in [-0.39, 0.29) is 30.3 Å². The lowest BCUT2D eigenvalue weighted by Crippen LogP contribution is -2.62. The van der Waals surface area contributed by atoms with E-state index in [1.807, 2.05) is 0 Å². The Bertz CT molecular complexity index is 1320. The van der Waals surface area contributed by atoms with Gasteiger partial charge >= 0.3 is 0 Å². The van der Waals surface area contributed by atoms with Gasteiger partial charge in [-0.2, -0.15) is 0 Å². The van der Waals surface area contributed by atoms with Crippen molar-refractivity contribution in [3.63, 3.8) is 0 Å². The molecule has 1 saturated carbocycles. The third-order valence-corrected chi connectivity index (χ3v) is 7.51. The van der Waals surface area contributed by atoms with Crippen molar-refractivity contribution in [2.75, 3.05) is 9.80 Å². The van der Waals surface area contributed by atoms with Crippen molar-refractivity contribution in [1.82, 2.24) is 15.3 Å². The average molecular weight is 560 g/mol. The molecule has 5 rings (SSSR count). The van der Waals surface area contributed by atoms with Crippen LogP contribution in [0, 0.1) is 11.7 Å². The molecule has 1 aromatic heterocycles. The summed E-state index contributed by atoms with van der Waals surface area (Å²) < 4.78 is 41.6. The maximum atomic E-state index is 14.5. The first-order valence-electron chi connectivity index (χ1n) is 12.5. The summed E-state index contributed by atoms with van der Waals surface area (Å²) >= 11 is 6.59. The molecule has 1 saturated heterocycles. The topological polar surface area (TPSA) is 95.5 Å². The quantitative estimate of drug-likeness (QED) is 0.521. The van der Waals surface area contributed by atoms with Gasteiger partial charge in [-0.1, -0.05) is 30.4 Å². The van der Waals surface area contributed by atoms with Gasteiger partial charge in [-0.15, -0.1) is 11.6 Å². The van der Waals surface area contributed by atoms with E-state index in [4.69, 9.17) is 11.6 Å². The number of alkyl halides is 3. The van der Waals surface area contributed by atoms with Gasteiger partial charge in [-0.25, -0.2) is 18.2 Å². The number of carbonyl (C=O) groups is 3. The fourth-order valence-corrected chi connectivity index (χ4v) is 5.53. The Labute approximate surface area is 227 Å². The van der Waals surface area contributed by atoms with Crippen LogP contribution >= 0.6 is 11.6 Å². The average Bonchev–Trinajstić information content (AvgIpc) is 3.28. The second kappa shape index (κ2) is 10.8. The van der Waals surface area contributed by atoms with Gasteiger partial charge in [0.15, 0.2) is 5.82 Å². The fourth-order valence-electron chi connectivity index (χ4n) is 5.22. The molecule has 2 heterocycles. The molecular formula is C27H25ClF3N5O3. The van der Waals surface area contributed by atoms with Crippen LogP contribution in [0.3, 0.4) is 0 Å². The van der Waals surface area contributed by atoms with Crippen LogP contribution in [0.15, 0.2) is 67.2 Å². The summed E-state index contributed by atoms with van der Waals surface area (Å²) in [4.78, 5) is 51.5. The van der Waals surface area contributed by atoms with E-state index in [0.717, 1.165) is 11.0 Å². The van der Waals surface area contributed by atoms with E-state index in [9.17, 15) is 27.6 Å². The van der Waals surface area contributed by atoms with Crippen LogP contribution in [-0.4, -0.2) is 57.1 Å². The SMILES string of the molecule is O=C(NC1CC(F)(F)C1)C([C@H]1C=CC=CC1Cl)N(C(=O)[C@@H]1CCC(=O)N1c1cnccn1)c1cccc(F)c1. The number of aromatic nitrogens is 2. The fraction of sp³-hybridized carbons (Fsp3) is 0.370. The first-order valence-corrected chi connectivity index (χ1v) is 12.9. The smallest absolute Gasteiger partial charge is 0.252 e. The molecule has 1 aromatic carbocycles. The number of allylic oxidation sites excluding steroid dienone is 3. The highest BCUT2D eigenvalue weighted by molar-refractivity contribution is 6.22. The minimum Gasteiger partial charge on any atom is -0.351 e. The minimum absolute atomic E-state index is 0.0438. The zero-order valence-electron chi connectivity index (χ0n) is 20.6. The first kappa shape index (κ1) is 26.9. The third-order valence-electron chi connectivity index (χ3n) is 7.07. The van der Waals surface area contributed by atoms with Crippen molar-refractivity contribution < 1.29 is 27.6 Å². The predicted molar refractivity (Wildman–Crippen MR) is 138 cm³/mol. The molecule has 3 aliphatic rings. The van der Waals surface area contributed by atoms with Crippen molar-refractivity contribution in [3.8, 4) is 0 Å². The van der Waals surface area contributed by atoms with Crippen molar-refractivity contribution in [2.45, 2.75) is 55.1 Å². The van der Waals surface area contributed by atoms with Gasteiger partial charge in [0, 0.05) is 49.3 Å². The first-order chi connectivity index (χ1) is 18.6. The molecule has 1 N–H and O–H groups in total. The van der Waals surface area contributed by atoms with E-state index in [0.29, 0.717) is 0 Å². The second-order valence-electron chi connectivity index (χ2n) is 9.78. The number of anilines is 2. The number of amides is 3. The molecule has 1 aliphatic heterocycles. The number of rotatable bonds is 7. The molecule has 2 aliphatic carbocycles. The molecule has 2 unspecified atom stereocenters. The van der Waals surface area contributed by atoms with Crippen molar-refractivity contribution >= 4 is 40.8 Å². The highest BCUT2D eigenvalue weighted by Gasteiger charge is 2.50. The predicted octanol–water partition coefficient (Wildman–Crippen LogP) is 3.78. The summed E-state index contributed by atoms with van der Waals surface area (Å²) in [5.74, 6) is -5.89. The lowest BCUT2D eigenvalue weighted by Gasteiger charge is -2.41. The van der Waals surface area contributed by atoms with Crippen LogP contribution in [-0.2, 0) is 14.4 Å². The maximum Gasteiger partial charge on any atom is 0.252 e. The molecule has 2 aromatic rings. The Hall–Kier alpha value is -3.73. The van der Waals surface area contributed by atoms with E-state index in [1.54, 1.807) is 24.3 Å². The van der Waals surface area contributed by atoms with Crippen molar-refractivity contribution in [1.29, 1.82) is 0 Å². The molecule has 12 heteroatoms. The minimum atomic E-state index is -2.88. The van der Waals surface area contributed by atoms with Crippen molar-refractivity contribution in [3.05, 3.63) is 73.0 Å². The largest absolute Gasteiger partial charge is 0.351 e. The Morgan fingerprint density at radius 1 is 1.18 bits per heavy atom.